The van der Waals surface area contributed by atoms with E-state index in [9.17, 15) is 9.59 Å². The van der Waals surface area contributed by atoms with Crippen molar-refractivity contribution in [3.63, 3.8) is 0 Å². The van der Waals surface area contributed by atoms with Crippen LogP contribution in [0.5, 0.6) is 0 Å². The van der Waals surface area contributed by atoms with Crippen molar-refractivity contribution in [2.45, 2.75) is 11.8 Å². The summed E-state index contributed by atoms with van der Waals surface area (Å²) in [5.41, 5.74) is 0.204. The number of hydrogen-bond acceptors (Lipinski definition) is 4. The molecule has 2 aromatic heterocycles. The molecule has 1 aliphatic rings. The predicted octanol–water partition coefficient (Wildman–Crippen LogP) is 0.653. The number of fused-ring (bicyclic) bond motifs is 1. The van der Waals surface area contributed by atoms with Gasteiger partial charge in [-0.05, 0) is 12.2 Å². The summed E-state index contributed by atoms with van der Waals surface area (Å²) in [6.45, 7) is 0.333. The minimum Gasteiger partial charge on any atom is -0.325 e. The summed E-state index contributed by atoms with van der Waals surface area (Å²) in [5, 5.41) is -0.261. The van der Waals surface area contributed by atoms with Gasteiger partial charge in [0.25, 0.3) is 5.56 Å². The molecule has 94 valence electrons. The highest BCUT2D eigenvalue weighted by Crippen LogP contribution is 2.20. The van der Waals surface area contributed by atoms with Crippen molar-refractivity contribution in [2.75, 3.05) is 11.4 Å². The minimum atomic E-state index is -0.381. The van der Waals surface area contributed by atoms with Gasteiger partial charge in [0.05, 0.1) is 5.38 Å². The zero-order valence-corrected chi connectivity index (χ0v) is 10.6. The summed E-state index contributed by atoms with van der Waals surface area (Å²) < 4.78 is 0.308. The van der Waals surface area contributed by atoms with Crippen LogP contribution in [0.4, 0.5) is 5.95 Å². The van der Waals surface area contributed by atoms with Crippen LogP contribution >= 0.6 is 23.8 Å². The number of imidazole rings is 1. The van der Waals surface area contributed by atoms with E-state index >= 15 is 0 Å². The van der Waals surface area contributed by atoms with Gasteiger partial charge < -0.3 is 9.97 Å². The van der Waals surface area contributed by atoms with Crippen molar-refractivity contribution in [3.8, 4) is 0 Å². The van der Waals surface area contributed by atoms with Crippen LogP contribution in [0.3, 0.4) is 0 Å². The molecular formula is C9H8ClN5O2S. The number of rotatable bonds is 1. The van der Waals surface area contributed by atoms with Crippen LogP contribution in [0.1, 0.15) is 6.42 Å². The highest BCUT2D eigenvalue weighted by atomic mass is 35.5. The normalized spacial score (nSPS) is 19.9. The van der Waals surface area contributed by atoms with Crippen molar-refractivity contribution in [2.24, 2.45) is 0 Å². The number of nitrogens with zero attached hydrogens (tertiary/aromatic N) is 2. The highest BCUT2D eigenvalue weighted by molar-refractivity contribution is 7.71. The Morgan fingerprint density at radius 1 is 1.33 bits per heavy atom. The van der Waals surface area contributed by atoms with E-state index in [-0.39, 0.29) is 34.7 Å². The second-order valence-corrected chi connectivity index (χ2v) is 5.02. The predicted molar refractivity (Wildman–Crippen MR) is 68.5 cm³/mol. The van der Waals surface area contributed by atoms with Crippen LogP contribution in [0, 0.1) is 4.77 Å². The fraction of sp³-hybridized carbons (Fsp3) is 0.333. The molecule has 3 heterocycles. The topological polar surface area (TPSA) is 97.6 Å². The van der Waals surface area contributed by atoms with Crippen LogP contribution in [0.25, 0.3) is 11.2 Å². The summed E-state index contributed by atoms with van der Waals surface area (Å²) in [5.74, 6) is 0.0255. The minimum absolute atomic E-state index is 0.161. The number of carbonyl (C=O) groups is 1. The molecule has 9 heteroatoms. The first kappa shape index (κ1) is 11.4. The van der Waals surface area contributed by atoms with E-state index in [0.29, 0.717) is 17.0 Å². The van der Waals surface area contributed by atoms with Crippen molar-refractivity contribution < 1.29 is 4.79 Å². The Morgan fingerprint density at radius 3 is 2.78 bits per heavy atom. The molecule has 18 heavy (non-hydrogen) atoms. The van der Waals surface area contributed by atoms with Gasteiger partial charge in [0.1, 0.15) is 5.52 Å². The Balaban J connectivity index is 2.16. The molecule has 0 saturated carbocycles. The number of amides is 1. The summed E-state index contributed by atoms with van der Waals surface area (Å²) in [4.78, 5) is 37.0. The van der Waals surface area contributed by atoms with Crippen LogP contribution in [-0.4, -0.2) is 37.8 Å². The molecule has 0 bridgehead atoms. The molecule has 0 spiro atoms. The first-order valence-electron chi connectivity index (χ1n) is 5.21. The van der Waals surface area contributed by atoms with Gasteiger partial charge in [-0.1, -0.05) is 0 Å². The fourth-order valence-electron chi connectivity index (χ4n) is 1.92. The van der Waals surface area contributed by atoms with Gasteiger partial charge in [-0.15, -0.1) is 11.6 Å². The number of aromatic nitrogens is 4. The summed E-state index contributed by atoms with van der Waals surface area (Å²) in [6, 6.07) is 0. The Labute approximate surface area is 110 Å². The molecule has 1 fully saturated rings. The number of nitrogens with one attached hydrogen (secondary N) is 3. The first-order chi connectivity index (χ1) is 8.54. The van der Waals surface area contributed by atoms with Crippen molar-refractivity contribution in [1.29, 1.82) is 0 Å². The second-order valence-electron chi connectivity index (χ2n) is 4.00. The lowest BCUT2D eigenvalue weighted by molar-refractivity contribution is -0.117. The number of aromatic amines is 3. The SMILES string of the molecule is O=C1CC(Cl)CN1c1nc2[nH]c(=S)[nH]c2c(=O)[nH]1. The molecule has 2 aromatic rings. The Morgan fingerprint density at radius 2 is 2.11 bits per heavy atom. The maximum atomic E-state index is 11.8. The van der Waals surface area contributed by atoms with Crippen LogP contribution in [0.15, 0.2) is 4.79 Å². The standard InChI is InChI=1S/C9H8ClN5O2S/c10-3-1-4(16)15(2-3)8-12-6-5(7(17)14-8)11-9(18)13-6/h3H,1-2H2,(H3,11,12,13,14,17,18). The molecule has 3 rings (SSSR count). The monoisotopic (exact) mass is 285 g/mol. The molecule has 0 aliphatic carbocycles. The molecule has 7 nitrogen and oxygen atoms in total. The quantitative estimate of drug-likeness (QED) is 0.529. The maximum absolute atomic E-state index is 11.8. The van der Waals surface area contributed by atoms with E-state index in [0.717, 1.165) is 0 Å². The van der Waals surface area contributed by atoms with Gasteiger partial charge in [0.15, 0.2) is 10.4 Å². The summed E-state index contributed by atoms with van der Waals surface area (Å²) in [6.07, 6.45) is 0.243. The smallest absolute Gasteiger partial charge is 0.278 e. The van der Waals surface area contributed by atoms with Crippen LogP contribution < -0.4 is 10.5 Å². The fourth-order valence-corrected chi connectivity index (χ4v) is 2.39. The lowest BCUT2D eigenvalue weighted by Gasteiger charge is -2.13. The molecule has 3 N–H and O–H groups in total. The van der Waals surface area contributed by atoms with Gasteiger partial charge in [-0.2, -0.15) is 4.98 Å². The molecule has 1 aliphatic heterocycles. The van der Waals surface area contributed by atoms with Crippen LogP contribution in [0.2, 0.25) is 0 Å². The molecule has 0 aromatic carbocycles. The van der Waals surface area contributed by atoms with E-state index in [2.05, 4.69) is 19.9 Å². The molecule has 1 unspecified atom stereocenters. The molecule has 0 radical (unpaired) electrons. The first-order valence-corrected chi connectivity index (χ1v) is 6.06. The number of carbonyl (C=O) groups excluding carboxylic acids is 1. The third-order valence-electron chi connectivity index (χ3n) is 2.71. The van der Waals surface area contributed by atoms with E-state index in [1.807, 2.05) is 0 Å². The average Bonchev–Trinajstić information content (AvgIpc) is 2.81. The lowest BCUT2D eigenvalue weighted by Crippen LogP contribution is -2.29. The Bertz CT molecular complexity index is 747. The number of H-pyrrole nitrogens is 3. The molecular weight excluding hydrogens is 278 g/mol. The van der Waals surface area contributed by atoms with Crippen molar-refractivity contribution in [1.82, 2.24) is 19.9 Å². The second kappa shape index (κ2) is 3.92. The van der Waals surface area contributed by atoms with Gasteiger partial charge in [-0.3, -0.25) is 19.5 Å². The Kier molecular flexibility index (Phi) is 2.49. The zero-order chi connectivity index (χ0) is 12.9. The molecule has 1 amide bonds. The van der Waals surface area contributed by atoms with E-state index < -0.39 is 0 Å². The van der Waals surface area contributed by atoms with Gasteiger partial charge in [0, 0.05) is 13.0 Å². The largest absolute Gasteiger partial charge is 0.325 e. The van der Waals surface area contributed by atoms with Crippen LogP contribution in [-0.2, 0) is 4.79 Å². The lowest BCUT2D eigenvalue weighted by atomic mass is 10.4. The summed E-state index contributed by atoms with van der Waals surface area (Å²) in [7, 11) is 0. The van der Waals surface area contributed by atoms with Gasteiger partial charge in [0.2, 0.25) is 11.9 Å². The van der Waals surface area contributed by atoms with Crippen molar-refractivity contribution >= 4 is 46.8 Å². The maximum Gasteiger partial charge on any atom is 0.278 e. The molecule has 1 saturated heterocycles. The summed E-state index contributed by atoms with van der Waals surface area (Å²) >= 11 is 10.8. The number of halogens is 1. The van der Waals surface area contributed by atoms with Crippen molar-refractivity contribution in [3.05, 3.63) is 15.1 Å². The zero-order valence-electron chi connectivity index (χ0n) is 8.99. The third-order valence-corrected chi connectivity index (χ3v) is 3.21. The third kappa shape index (κ3) is 1.73. The number of alkyl halides is 1. The highest BCUT2D eigenvalue weighted by Gasteiger charge is 2.31. The van der Waals surface area contributed by atoms with E-state index in [1.54, 1.807) is 0 Å². The van der Waals surface area contributed by atoms with E-state index in [1.165, 1.54) is 4.90 Å². The number of anilines is 1. The van der Waals surface area contributed by atoms with E-state index in [4.69, 9.17) is 23.8 Å². The average molecular weight is 286 g/mol. The Hall–Kier alpha value is -1.67. The molecule has 1 atom stereocenters. The van der Waals surface area contributed by atoms with Gasteiger partial charge in [-0.25, -0.2) is 0 Å². The van der Waals surface area contributed by atoms with Gasteiger partial charge >= 0.3 is 0 Å². The number of hydrogen-bond donors (Lipinski definition) is 3.